The van der Waals surface area contributed by atoms with Crippen molar-refractivity contribution in [2.45, 2.75) is 19.4 Å². The van der Waals surface area contributed by atoms with E-state index in [1.807, 2.05) is 23.1 Å². The molecule has 18 heavy (non-hydrogen) atoms. The van der Waals surface area contributed by atoms with Crippen LogP contribution in [0.3, 0.4) is 0 Å². The summed E-state index contributed by atoms with van der Waals surface area (Å²) in [5.74, 6) is 1.20. The lowest BCUT2D eigenvalue weighted by Gasteiger charge is -2.34. The van der Waals surface area contributed by atoms with Crippen molar-refractivity contribution in [1.82, 2.24) is 4.90 Å². The molecule has 1 heterocycles. The predicted octanol–water partition coefficient (Wildman–Crippen LogP) is 1.50. The zero-order chi connectivity index (χ0) is 13.1. The Bertz CT molecular complexity index is 424. The lowest BCUT2D eigenvalue weighted by molar-refractivity contribution is 0.0660. The number of benzene rings is 1. The van der Waals surface area contributed by atoms with Crippen LogP contribution < -0.4 is 10.5 Å². The number of piperidine rings is 1. The van der Waals surface area contributed by atoms with E-state index in [2.05, 4.69) is 6.92 Å². The zero-order valence-electron chi connectivity index (χ0n) is 10.9. The fourth-order valence-corrected chi connectivity index (χ4v) is 2.50. The first-order valence-corrected chi connectivity index (χ1v) is 6.29. The number of methoxy groups -OCH3 is 1. The van der Waals surface area contributed by atoms with Crippen molar-refractivity contribution < 1.29 is 9.53 Å². The van der Waals surface area contributed by atoms with Gasteiger partial charge >= 0.3 is 0 Å². The maximum absolute atomic E-state index is 12.4. The molecule has 0 bridgehead atoms. The lowest BCUT2D eigenvalue weighted by Crippen LogP contribution is -2.48. The second kappa shape index (κ2) is 5.40. The molecule has 4 nitrogen and oxygen atoms in total. The molecule has 1 aromatic carbocycles. The standard InChI is InChI=1S/C14H20N2O2/c1-10-6-12(15)9-16(8-10)14(17)11-4-3-5-13(7-11)18-2/h3-5,7,10,12H,6,8-9,15H2,1-2H3. The Hall–Kier alpha value is -1.55. The van der Waals surface area contributed by atoms with Crippen molar-refractivity contribution in [2.24, 2.45) is 11.7 Å². The number of hydrogen-bond donors (Lipinski definition) is 1. The number of hydrogen-bond acceptors (Lipinski definition) is 3. The minimum atomic E-state index is 0.0379. The van der Waals surface area contributed by atoms with E-state index in [0.29, 0.717) is 23.8 Å². The summed E-state index contributed by atoms with van der Waals surface area (Å²) >= 11 is 0. The van der Waals surface area contributed by atoms with Crippen LogP contribution in [0.4, 0.5) is 0 Å². The Morgan fingerprint density at radius 2 is 2.22 bits per heavy atom. The van der Waals surface area contributed by atoms with Crippen molar-refractivity contribution in [2.75, 3.05) is 20.2 Å². The smallest absolute Gasteiger partial charge is 0.254 e. The Kier molecular flexibility index (Phi) is 3.87. The van der Waals surface area contributed by atoms with Crippen molar-refractivity contribution in [3.8, 4) is 5.75 Å². The normalized spacial score (nSPS) is 23.8. The van der Waals surface area contributed by atoms with Gasteiger partial charge in [-0.1, -0.05) is 13.0 Å². The Morgan fingerprint density at radius 3 is 2.89 bits per heavy atom. The summed E-state index contributed by atoms with van der Waals surface area (Å²) in [6, 6.07) is 7.34. The molecule has 4 heteroatoms. The number of likely N-dealkylation sites (tertiary alicyclic amines) is 1. The van der Waals surface area contributed by atoms with E-state index in [1.165, 1.54) is 0 Å². The van der Waals surface area contributed by atoms with Gasteiger partial charge in [0.2, 0.25) is 0 Å². The number of nitrogens with two attached hydrogens (primary N) is 1. The van der Waals surface area contributed by atoms with Crippen LogP contribution >= 0.6 is 0 Å². The molecule has 2 rings (SSSR count). The van der Waals surface area contributed by atoms with Gasteiger partial charge in [0.25, 0.3) is 5.91 Å². The second-order valence-corrected chi connectivity index (χ2v) is 5.04. The Labute approximate surface area is 108 Å². The van der Waals surface area contributed by atoms with Crippen molar-refractivity contribution in [3.05, 3.63) is 29.8 Å². The summed E-state index contributed by atoms with van der Waals surface area (Å²) in [7, 11) is 1.60. The molecule has 0 radical (unpaired) electrons. The summed E-state index contributed by atoms with van der Waals surface area (Å²) < 4.78 is 5.14. The predicted molar refractivity (Wildman–Crippen MR) is 70.7 cm³/mol. The quantitative estimate of drug-likeness (QED) is 0.863. The molecule has 0 spiro atoms. The van der Waals surface area contributed by atoms with Gasteiger partial charge in [0.15, 0.2) is 0 Å². The van der Waals surface area contributed by atoms with E-state index in [1.54, 1.807) is 13.2 Å². The first kappa shape index (κ1) is 12.9. The zero-order valence-corrected chi connectivity index (χ0v) is 10.9. The molecule has 98 valence electrons. The molecule has 2 unspecified atom stereocenters. The minimum absolute atomic E-state index is 0.0379. The van der Waals surface area contributed by atoms with Crippen molar-refractivity contribution in [1.29, 1.82) is 0 Å². The Balaban J connectivity index is 2.14. The molecule has 2 atom stereocenters. The van der Waals surface area contributed by atoms with Gasteiger partial charge in [-0.15, -0.1) is 0 Å². The van der Waals surface area contributed by atoms with Gasteiger partial charge < -0.3 is 15.4 Å². The van der Waals surface area contributed by atoms with Crippen LogP contribution in [0.15, 0.2) is 24.3 Å². The van der Waals surface area contributed by atoms with Gasteiger partial charge in [-0.05, 0) is 30.5 Å². The van der Waals surface area contributed by atoms with E-state index in [-0.39, 0.29) is 11.9 Å². The monoisotopic (exact) mass is 248 g/mol. The molecule has 1 amide bonds. The van der Waals surface area contributed by atoms with Crippen molar-refractivity contribution >= 4 is 5.91 Å². The molecule has 0 aliphatic carbocycles. The molecular formula is C14H20N2O2. The maximum Gasteiger partial charge on any atom is 0.254 e. The van der Waals surface area contributed by atoms with E-state index < -0.39 is 0 Å². The fraction of sp³-hybridized carbons (Fsp3) is 0.500. The van der Waals surface area contributed by atoms with Crippen LogP contribution in [0.5, 0.6) is 5.75 Å². The van der Waals surface area contributed by atoms with Crippen LogP contribution in [0.2, 0.25) is 0 Å². The summed E-state index contributed by atoms with van der Waals surface area (Å²) in [5, 5.41) is 0. The van der Waals surface area contributed by atoms with Gasteiger partial charge in [0.1, 0.15) is 5.75 Å². The Morgan fingerprint density at radius 1 is 1.44 bits per heavy atom. The van der Waals surface area contributed by atoms with E-state index >= 15 is 0 Å². The molecule has 1 aliphatic rings. The van der Waals surface area contributed by atoms with Crippen LogP contribution in [0.1, 0.15) is 23.7 Å². The summed E-state index contributed by atoms with van der Waals surface area (Å²) in [5.41, 5.74) is 6.63. The van der Waals surface area contributed by atoms with Gasteiger partial charge in [0, 0.05) is 24.7 Å². The van der Waals surface area contributed by atoms with Crippen LogP contribution in [0, 0.1) is 5.92 Å². The van der Waals surface area contributed by atoms with E-state index in [0.717, 1.165) is 13.0 Å². The molecule has 0 saturated carbocycles. The fourth-order valence-electron chi connectivity index (χ4n) is 2.50. The van der Waals surface area contributed by atoms with Gasteiger partial charge in [-0.25, -0.2) is 0 Å². The van der Waals surface area contributed by atoms with Crippen molar-refractivity contribution in [3.63, 3.8) is 0 Å². The number of carbonyl (C=O) groups is 1. The lowest BCUT2D eigenvalue weighted by atomic mass is 9.96. The second-order valence-electron chi connectivity index (χ2n) is 5.04. The molecule has 1 aliphatic heterocycles. The molecule has 1 aromatic rings. The van der Waals surface area contributed by atoms with E-state index in [9.17, 15) is 4.79 Å². The van der Waals surface area contributed by atoms with Crippen LogP contribution in [-0.4, -0.2) is 37.0 Å². The van der Waals surface area contributed by atoms with Gasteiger partial charge in [-0.3, -0.25) is 4.79 Å². The number of carbonyl (C=O) groups excluding carboxylic acids is 1. The highest BCUT2D eigenvalue weighted by Crippen LogP contribution is 2.19. The summed E-state index contributed by atoms with van der Waals surface area (Å²) in [6.07, 6.45) is 0.988. The highest BCUT2D eigenvalue weighted by molar-refractivity contribution is 5.94. The third-order valence-electron chi connectivity index (χ3n) is 3.30. The summed E-state index contributed by atoms with van der Waals surface area (Å²) in [6.45, 7) is 3.55. The van der Waals surface area contributed by atoms with E-state index in [4.69, 9.17) is 10.5 Å². The third-order valence-corrected chi connectivity index (χ3v) is 3.30. The number of ether oxygens (including phenoxy) is 1. The summed E-state index contributed by atoms with van der Waals surface area (Å²) in [4.78, 5) is 14.2. The number of nitrogens with zero attached hydrogens (tertiary/aromatic N) is 1. The molecule has 0 aromatic heterocycles. The minimum Gasteiger partial charge on any atom is -0.497 e. The molecule has 1 fully saturated rings. The number of rotatable bonds is 2. The number of amides is 1. The SMILES string of the molecule is COc1cccc(C(=O)N2CC(C)CC(N)C2)c1. The first-order chi connectivity index (χ1) is 8.60. The topological polar surface area (TPSA) is 55.6 Å². The van der Waals surface area contributed by atoms with Crippen LogP contribution in [0.25, 0.3) is 0 Å². The average molecular weight is 248 g/mol. The average Bonchev–Trinajstić information content (AvgIpc) is 2.37. The molecular weight excluding hydrogens is 228 g/mol. The highest BCUT2D eigenvalue weighted by atomic mass is 16.5. The maximum atomic E-state index is 12.4. The largest absolute Gasteiger partial charge is 0.497 e. The van der Waals surface area contributed by atoms with Crippen LogP contribution in [-0.2, 0) is 0 Å². The molecule has 2 N–H and O–H groups in total. The van der Waals surface area contributed by atoms with Gasteiger partial charge in [-0.2, -0.15) is 0 Å². The van der Waals surface area contributed by atoms with Gasteiger partial charge in [0.05, 0.1) is 7.11 Å². The first-order valence-electron chi connectivity index (χ1n) is 6.29. The highest BCUT2D eigenvalue weighted by Gasteiger charge is 2.26. The molecule has 1 saturated heterocycles. The third kappa shape index (κ3) is 2.82.